The van der Waals surface area contributed by atoms with E-state index in [1.165, 1.54) is 0 Å². The SMILES string of the molecule is CC(CCS(C)=O)Nc1nc(Cl)nc(Cl)n1. The van der Waals surface area contributed by atoms with Crippen molar-refractivity contribution >= 4 is 39.9 Å². The quantitative estimate of drug-likeness (QED) is 0.891. The average molecular weight is 283 g/mol. The number of nitrogens with one attached hydrogen (secondary N) is 1. The minimum absolute atomic E-state index is 0.0498. The van der Waals surface area contributed by atoms with Crippen molar-refractivity contribution in [3.63, 3.8) is 0 Å². The van der Waals surface area contributed by atoms with Gasteiger partial charge in [0.15, 0.2) is 0 Å². The molecule has 2 atom stereocenters. The van der Waals surface area contributed by atoms with Gasteiger partial charge >= 0.3 is 0 Å². The average Bonchev–Trinajstić information content (AvgIpc) is 2.12. The van der Waals surface area contributed by atoms with Gasteiger partial charge in [-0.15, -0.1) is 0 Å². The Morgan fingerprint density at radius 3 is 2.38 bits per heavy atom. The minimum atomic E-state index is -0.798. The zero-order valence-electron chi connectivity index (χ0n) is 8.91. The molecular weight excluding hydrogens is 271 g/mol. The summed E-state index contributed by atoms with van der Waals surface area (Å²) < 4.78 is 10.9. The smallest absolute Gasteiger partial charge is 0.228 e. The highest BCUT2D eigenvalue weighted by molar-refractivity contribution is 7.84. The molecule has 0 aliphatic carbocycles. The second kappa shape index (κ2) is 6.32. The number of rotatable bonds is 5. The van der Waals surface area contributed by atoms with Crippen LogP contribution >= 0.6 is 23.2 Å². The topological polar surface area (TPSA) is 67.8 Å². The second-order valence-corrected chi connectivity index (χ2v) is 5.54. The van der Waals surface area contributed by atoms with Gasteiger partial charge in [-0.2, -0.15) is 15.0 Å². The lowest BCUT2D eigenvalue weighted by atomic mass is 10.3. The highest BCUT2D eigenvalue weighted by Crippen LogP contribution is 2.11. The molecule has 0 bridgehead atoms. The van der Waals surface area contributed by atoms with Gasteiger partial charge in [0, 0.05) is 28.9 Å². The monoisotopic (exact) mass is 282 g/mol. The first-order valence-corrected chi connectivity index (χ1v) is 7.09. The van der Waals surface area contributed by atoms with E-state index in [-0.39, 0.29) is 16.6 Å². The van der Waals surface area contributed by atoms with Crippen LogP contribution in [0.2, 0.25) is 10.6 Å². The standard InChI is InChI=1S/C8H12Cl2N4OS/c1-5(3-4-16(2)15)11-8-13-6(9)12-7(10)14-8/h5H,3-4H2,1-2H3,(H,11,12,13,14). The molecule has 0 amide bonds. The van der Waals surface area contributed by atoms with E-state index in [0.717, 1.165) is 6.42 Å². The third kappa shape index (κ3) is 5.05. The molecule has 8 heteroatoms. The van der Waals surface area contributed by atoms with E-state index in [0.29, 0.717) is 11.7 Å². The fraction of sp³-hybridized carbons (Fsp3) is 0.625. The highest BCUT2D eigenvalue weighted by atomic mass is 35.5. The van der Waals surface area contributed by atoms with E-state index in [4.69, 9.17) is 23.2 Å². The Bertz CT molecular complexity index is 370. The van der Waals surface area contributed by atoms with Crippen LogP contribution in [0.3, 0.4) is 0 Å². The van der Waals surface area contributed by atoms with Crippen LogP contribution in [0.25, 0.3) is 0 Å². The van der Waals surface area contributed by atoms with Crippen LogP contribution in [0, 0.1) is 0 Å². The number of hydrogen-bond donors (Lipinski definition) is 1. The molecule has 1 N–H and O–H groups in total. The molecule has 0 saturated carbocycles. The van der Waals surface area contributed by atoms with Crippen molar-refractivity contribution in [1.82, 2.24) is 15.0 Å². The Morgan fingerprint density at radius 1 is 1.31 bits per heavy atom. The van der Waals surface area contributed by atoms with E-state index >= 15 is 0 Å². The molecule has 0 aliphatic heterocycles. The van der Waals surface area contributed by atoms with Crippen LogP contribution in [-0.4, -0.2) is 37.2 Å². The zero-order valence-corrected chi connectivity index (χ0v) is 11.2. The van der Waals surface area contributed by atoms with E-state index in [1.807, 2.05) is 6.92 Å². The molecule has 5 nitrogen and oxygen atoms in total. The van der Waals surface area contributed by atoms with Crippen molar-refractivity contribution in [3.05, 3.63) is 10.6 Å². The van der Waals surface area contributed by atoms with E-state index in [2.05, 4.69) is 20.3 Å². The lowest BCUT2D eigenvalue weighted by molar-refractivity contribution is 0.677. The summed E-state index contributed by atoms with van der Waals surface area (Å²) in [5, 5.41) is 3.11. The fourth-order valence-corrected chi connectivity index (χ4v) is 2.07. The molecule has 0 aromatic carbocycles. The number of aromatic nitrogens is 3. The molecule has 1 aromatic rings. The molecular formula is C8H12Cl2N4OS. The van der Waals surface area contributed by atoms with Gasteiger partial charge in [-0.1, -0.05) is 0 Å². The summed E-state index contributed by atoms with van der Waals surface area (Å²) in [6.07, 6.45) is 2.42. The van der Waals surface area contributed by atoms with Gasteiger partial charge in [-0.25, -0.2) is 0 Å². The summed E-state index contributed by atoms with van der Waals surface area (Å²) in [5.41, 5.74) is 0. The maximum Gasteiger partial charge on any atom is 0.228 e. The van der Waals surface area contributed by atoms with Crippen LogP contribution in [0.15, 0.2) is 0 Å². The number of nitrogens with zero attached hydrogens (tertiary/aromatic N) is 3. The maximum atomic E-state index is 10.9. The van der Waals surface area contributed by atoms with Crippen molar-refractivity contribution in [3.8, 4) is 0 Å². The third-order valence-corrected chi connectivity index (χ3v) is 2.94. The Balaban J connectivity index is 2.55. The maximum absolute atomic E-state index is 10.9. The van der Waals surface area contributed by atoms with Crippen molar-refractivity contribution in [2.45, 2.75) is 19.4 Å². The Kier molecular flexibility index (Phi) is 5.37. The normalized spacial score (nSPS) is 14.5. The number of anilines is 1. The predicted molar refractivity (Wildman–Crippen MR) is 66.5 cm³/mol. The summed E-state index contributed by atoms with van der Waals surface area (Å²) in [5.74, 6) is 0.958. The molecule has 0 saturated heterocycles. The summed E-state index contributed by atoms with van der Waals surface area (Å²) in [4.78, 5) is 11.4. The highest BCUT2D eigenvalue weighted by Gasteiger charge is 2.07. The van der Waals surface area contributed by atoms with Gasteiger partial charge in [0.2, 0.25) is 16.5 Å². The first kappa shape index (κ1) is 13.6. The van der Waals surface area contributed by atoms with Gasteiger partial charge in [0.25, 0.3) is 0 Å². The summed E-state index contributed by atoms with van der Waals surface area (Å²) >= 11 is 11.3. The molecule has 1 aromatic heterocycles. The number of hydrogen-bond acceptors (Lipinski definition) is 5. The van der Waals surface area contributed by atoms with Gasteiger partial charge in [0.05, 0.1) is 0 Å². The van der Waals surface area contributed by atoms with E-state index in [1.54, 1.807) is 6.26 Å². The van der Waals surface area contributed by atoms with Crippen molar-refractivity contribution < 1.29 is 4.21 Å². The molecule has 1 rings (SSSR count). The van der Waals surface area contributed by atoms with E-state index < -0.39 is 10.8 Å². The van der Waals surface area contributed by atoms with Gasteiger partial charge in [-0.05, 0) is 36.5 Å². The van der Waals surface area contributed by atoms with Crippen molar-refractivity contribution in [2.75, 3.05) is 17.3 Å². The second-order valence-electron chi connectivity index (χ2n) is 3.31. The lowest BCUT2D eigenvalue weighted by Gasteiger charge is -2.12. The molecule has 0 aliphatic rings. The van der Waals surface area contributed by atoms with Crippen molar-refractivity contribution in [2.24, 2.45) is 0 Å². The Hall–Kier alpha value is -0.460. The molecule has 90 valence electrons. The fourth-order valence-electron chi connectivity index (χ4n) is 1.03. The molecule has 16 heavy (non-hydrogen) atoms. The van der Waals surface area contributed by atoms with Crippen LogP contribution in [0.5, 0.6) is 0 Å². The molecule has 0 spiro atoms. The van der Waals surface area contributed by atoms with E-state index in [9.17, 15) is 4.21 Å². The molecule has 0 fully saturated rings. The largest absolute Gasteiger partial charge is 0.352 e. The first-order valence-electron chi connectivity index (χ1n) is 4.61. The summed E-state index contributed by atoms with van der Waals surface area (Å²) in [6, 6.07) is 0.0958. The molecule has 2 unspecified atom stereocenters. The third-order valence-electron chi connectivity index (χ3n) is 1.79. The predicted octanol–water partition coefficient (Wildman–Crippen LogP) is 1.75. The van der Waals surface area contributed by atoms with Crippen LogP contribution in [-0.2, 0) is 10.8 Å². The Labute approximate surface area is 106 Å². The lowest BCUT2D eigenvalue weighted by Crippen LogP contribution is -2.19. The summed E-state index contributed by atoms with van der Waals surface area (Å²) in [7, 11) is -0.798. The minimum Gasteiger partial charge on any atom is -0.352 e. The van der Waals surface area contributed by atoms with Crippen molar-refractivity contribution in [1.29, 1.82) is 0 Å². The number of halogens is 2. The molecule has 1 heterocycles. The van der Waals surface area contributed by atoms with Crippen LogP contribution in [0.4, 0.5) is 5.95 Å². The van der Waals surface area contributed by atoms with Crippen LogP contribution in [0.1, 0.15) is 13.3 Å². The first-order chi connectivity index (χ1) is 7.47. The van der Waals surface area contributed by atoms with Gasteiger partial charge in [0.1, 0.15) is 0 Å². The molecule has 0 radical (unpaired) electrons. The Morgan fingerprint density at radius 2 is 1.88 bits per heavy atom. The van der Waals surface area contributed by atoms with Gasteiger partial charge < -0.3 is 5.32 Å². The summed E-state index contributed by atoms with van der Waals surface area (Å²) in [6.45, 7) is 1.94. The zero-order chi connectivity index (χ0) is 12.1. The van der Waals surface area contributed by atoms with Gasteiger partial charge in [-0.3, -0.25) is 4.21 Å². The van der Waals surface area contributed by atoms with Crippen LogP contribution < -0.4 is 5.32 Å².